The third-order valence-electron chi connectivity index (χ3n) is 2.37. The van der Waals surface area contributed by atoms with Crippen molar-refractivity contribution in [1.29, 1.82) is 0 Å². The molecule has 6 heteroatoms. The highest BCUT2D eigenvalue weighted by Crippen LogP contribution is 2.15. The molecule has 1 unspecified atom stereocenters. The molecule has 1 rings (SSSR count). The molecule has 1 aromatic rings. The largest absolute Gasteiger partial charge is 0.373 e. The number of carbonyl (C=O) groups excluding carboxylic acids is 2. The maximum absolute atomic E-state index is 11.6. The predicted octanol–water partition coefficient (Wildman–Crippen LogP) is 1.63. The fraction of sp³-hybridized carbons (Fsp3) is 0.385. The first kappa shape index (κ1) is 15.5. The van der Waals surface area contributed by atoms with Crippen LogP contribution in [0.15, 0.2) is 28.7 Å². The minimum Gasteiger partial charge on any atom is -0.373 e. The van der Waals surface area contributed by atoms with Gasteiger partial charge in [-0.25, -0.2) is 0 Å². The van der Waals surface area contributed by atoms with E-state index >= 15 is 0 Å². The van der Waals surface area contributed by atoms with Gasteiger partial charge in [0.1, 0.15) is 6.04 Å². The highest BCUT2D eigenvalue weighted by molar-refractivity contribution is 9.10. The smallest absolute Gasteiger partial charge is 0.240 e. The standard InChI is InChI=1S/C13H18BrN3O2/c1-8(2)16-12(18)7-11(13(15)19)17-10-5-3-9(14)4-6-10/h3-6,8,11,17H,7H2,1-2H3,(H2,15,19)(H,16,18). The number of benzene rings is 1. The number of nitrogens with two attached hydrogens (primary N) is 1. The molecule has 1 aromatic carbocycles. The molecule has 1 atom stereocenters. The van der Waals surface area contributed by atoms with Crippen LogP contribution in [0.3, 0.4) is 0 Å². The van der Waals surface area contributed by atoms with E-state index in [1.807, 2.05) is 26.0 Å². The van der Waals surface area contributed by atoms with Gasteiger partial charge in [0.25, 0.3) is 0 Å². The second-order valence-electron chi connectivity index (χ2n) is 4.53. The van der Waals surface area contributed by atoms with Crippen LogP contribution in [0.2, 0.25) is 0 Å². The average molecular weight is 328 g/mol. The van der Waals surface area contributed by atoms with Gasteiger partial charge in [-0.05, 0) is 38.1 Å². The van der Waals surface area contributed by atoms with Crippen LogP contribution in [0.4, 0.5) is 5.69 Å². The normalized spacial score (nSPS) is 12.0. The van der Waals surface area contributed by atoms with Crippen LogP contribution in [0.1, 0.15) is 20.3 Å². The third kappa shape index (κ3) is 5.74. The van der Waals surface area contributed by atoms with Crippen LogP contribution in [-0.2, 0) is 9.59 Å². The zero-order valence-electron chi connectivity index (χ0n) is 10.9. The summed E-state index contributed by atoms with van der Waals surface area (Å²) < 4.78 is 0.936. The number of carbonyl (C=O) groups is 2. The maximum Gasteiger partial charge on any atom is 0.240 e. The number of hydrogen-bond donors (Lipinski definition) is 3. The van der Waals surface area contributed by atoms with Crippen molar-refractivity contribution in [3.05, 3.63) is 28.7 Å². The van der Waals surface area contributed by atoms with Crippen molar-refractivity contribution >= 4 is 33.4 Å². The van der Waals surface area contributed by atoms with Crippen molar-refractivity contribution in [2.75, 3.05) is 5.32 Å². The van der Waals surface area contributed by atoms with E-state index in [2.05, 4.69) is 26.6 Å². The van der Waals surface area contributed by atoms with Gasteiger partial charge in [0.15, 0.2) is 0 Å². The summed E-state index contributed by atoms with van der Waals surface area (Å²) in [5.41, 5.74) is 6.04. The number of nitrogens with one attached hydrogen (secondary N) is 2. The van der Waals surface area contributed by atoms with Gasteiger partial charge in [-0.1, -0.05) is 15.9 Å². The summed E-state index contributed by atoms with van der Waals surface area (Å²) >= 11 is 3.32. The molecular weight excluding hydrogens is 310 g/mol. The minimum absolute atomic E-state index is 0.0174. The van der Waals surface area contributed by atoms with Crippen LogP contribution in [0.5, 0.6) is 0 Å². The molecule has 2 amide bonds. The monoisotopic (exact) mass is 327 g/mol. The van der Waals surface area contributed by atoms with Crippen LogP contribution >= 0.6 is 15.9 Å². The first-order valence-corrected chi connectivity index (χ1v) is 6.78. The summed E-state index contributed by atoms with van der Waals surface area (Å²) in [6, 6.07) is 6.61. The molecule has 0 aliphatic heterocycles. The summed E-state index contributed by atoms with van der Waals surface area (Å²) in [6.45, 7) is 3.72. The Hall–Kier alpha value is -1.56. The second kappa shape index (κ2) is 7.13. The summed E-state index contributed by atoms with van der Waals surface area (Å²) in [7, 11) is 0. The zero-order valence-corrected chi connectivity index (χ0v) is 12.5. The zero-order chi connectivity index (χ0) is 14.4. The van der Waals surface area contributed by atoms with Crippen molar-refractivity contribution in [2.45, 2.75) is 32.4 Å². The Morgan fingerprint density at radius 2 is 1.84 bits per heavy atom. The number of amides is 2. The molecular formula is C13H18BrN3O2. The molecule has 0 aliphatic rings. The highest BCUT2D eigenvalue weighted by Gasteiger charge is 2.19. The fourth-order valence-corrected chi connectivity index (χ4v) is 1.80. The summed E-state index contributed by atoms with van der Waals surface area (Å²) in [6.07, 6.45) is 0.0174. The average Bonchev–Trinajstić information content (AvgIpc) is 2.29. The molecule has 0 aliphatic carbocycles. The number of halogens is 1. The first-order valence-electron chi connectivity index (χ1n) is 5.99. The van der Waals surface area contributed by atoms with E-state index in [1.54, 1.807) is 12.1 Å². The van der Waals surface area contributed by atoms with Crippen LogP contribution in [0, 0.1) is 0 Å². The first-order chi connectivity index (χ1) is 8.88. The Balaban J connectivity index is 2.65. The van der Waals surface area contributed by atoms with Crippen LogP contribution in [0.25, 0.3) is 0 Å². The van der Waals surface area contributed by atoms with Gasteiger partial charge in [-0.15, -0.1) is 0 Å². The van der Waals surface area contributed by atoms with E-state index in [-0.39, 0.29) is 18.4 Å². The molecule has 0 fully saturated rings. The fourth-order valence-electron chi connectivity index (χ4n) is 1.54. The molecule has 0 bridgehead atoms. The van der Waals surface area contributed by atoms with Gasteiger partial charge in [0.2, 0.25) is 11.8 Å². The van der Waals surface area contributed by atoms with Crippen molar-refractivity contribution in [3.8, 4) is 0 Å². The summed E-state index contributed by atoms with van der Waals surface area (Å²) in [4.78, 5) is 23.0. The second-order valence-corrected chi connectivity index (χ2v) is 5.45. The Labute approximate surface area is 121 Å². The molecule has 0 saturated carbocycles. The lowest BCUT2D eigenvalue weighted by Crippen LogP contribution is -2.41. The van der Waals surface area contributed by atoms with Crippen LogP contribution < -0.4 is 16.4 Å². The Bertz CT molecular complexity index is 446. The van der Waals surface area contributed by atoms with Gasteiger partial charge < -0.3 is 16.4 Å². The molecule has 104 valence electrons. The quantitative estimate of drug-likeness (QED) is 0.742. The van der Waals surface area contributed by atoms with Crippen molar-refractivity contribution in [3.63, 3.8) is 0 Å². The van der Waals surface area contributed by atoms with E-state index in [0.717, 1.165) is 10.2 Å². The molecule has 0 radical (unpaired) electrons. The van der Waals surface area contributed by atoms with E-state index in [0.29, 0.717) is 0 Å². The molecule has 0 aromatic heterocycles. The van der Waals surface area contributed by atoms with Gasteiger partial charge in [0.05, 0.1) is 6.42 Å². The maximum atomic E-state index is 11.6. The van der Waals surface area contributed by atoms with Gasteiger partial charge >= 0.3 is 0 Å². The lowest BCUT2D eigenvalue weighted by molar-refractivity contribution is -0.125. The summed E-state index contributed by atoms with van der Waals surface area (Å²) in [5.74, 6) is -0.759. The minimum atomic E-state index is -0.722. The third-order valence-corrected chi connectivity index (χ3v) is 2.90. The molecule has 0 saturated heterocycles. The lowest BCUT2D eigenvalue weighted by atomic mass is 10.1. The Morgan fingerprint density at radius 1 is 1.26 bits per heavy atom. The number of anilines is 1. The highest BCUT2D eigenvalue weighted by atomic mass is 79.9. The Morgan fingerprint density at radius 3 is 2.32 bits per heavy atom. The van der Waals surface area contributed by atoms with Crippen molar-refractivity contribution in [1.82, 2.24) is 5.32 Å². The van der Waals surface area contributed by atoms with E-state index in [4.69, 9.17) is 5.73 Å². The van der Waals surface area contributed by atoms with Gasteiger partial charge in [0, 0.05) is 16.2 Å². The van der Waals surface area contributed by atoms with Crippen molar-refractivity contribution in [2.24, 2.45) is 5.73 Å². The van der Waals surface area contributed by atoms with Crippen LogP contribution in [-0.4, -0.2) is 23.9 Å². The van der Waals surface area contributed by atoms with E-state index in [9.17, 15) is 9.59 Å². The summed E-state index contributed by atoms with van der Waals surface area (Å²) in [5, 5.41) is 5.68. The Kier molecular flexibility index (Phi) is 5.82. The van der Waals surface area contributed by atoms with Gasteiger partial charge in [-0.2, -0.15) is 0 Å². The number of primary amides is 1. The van der Waals surface area contributed by atoms with E-state index in [1.165, 1.54) is 0 Å². The molecule has 19 heavy (non-hydrogen) atoms. The molecule has 4 N–H and O–H groups in total. The predicted molar refractivity (Wildman–Crippen MR) is 78.6 cm³/mol. The molecule has 0 spiro atoms. The number of hydrogen-bond acceptors (Lipinski definition) is 3. The van der Waals surface area contributed by atoms with E-state index < -0.39 is 11.9 Å². The van der Waals surface area contributed by atoms with Gasteiger partial charge in [-0.3, -0.25) is 9.59 Å². The lowest BCUT2D eigenvalue weighted by Gasteiger charge is -2.17. The number of rotatable bonds is 6. The SMILES string of the molecule is CC(C)NC(=O)CC(Nc1ccc(Br)cc1)C(N)=O. The molecule has 0 heterocycles. The van der Waals surface area contributed by atoms with Crippen molar-refractivity contribution < 1.29 is 9.59 Å². The topological polar surface area (TPSA) is 84.2 Å². The molecule has 5 nitrogen and oxygen atoms in total.